The van der Waals surface area contributed by atoms with E-state index in [0.717, 1.165) is 4.57 Å². The van der Waals surface area contributed by atoms with E-state index in [1.54, 1.807) is 36.4 Å². The number of ketones is 1. The third-order valence-corrected chi connectivity index (χ3v) is 5.24. The zero-order valence-electron chi connectivity index (χ0n) is 16.5. The second-order valence-electron chi connectivity index (χ2n) is 7.18. The van der Waals surface area contributed by atoms with E-state index < -0.39 is 23.6 Å². The summed E-state index contributed by atoms with van der Waals surface area (Å²) >= 11 is 0. The Morgan fingerprint density at radius 1 is 1.00 bits per heavy atom. The molecule has 2 aromatic carbocycles. The highest BCUT2D eigenvalue weighted by Crippen LogP contribution is 2.14. The average molecular weight is 414 g/mol. The van der Waals surface area contributed by atoms with Crippen molar-refractivity contribution >= 4 is 17.4 Å². The van der Waals surface area contributed by atoms with Crippen molar-refractivity contribution in [2.75, 3.05) is 5.32 Å². The first-order valence-electron chi connectivity index (χ1n) is 9.76. The van der Waals surface area contributed by atoms with Gasteiger partial charge in [-0.3, -0.25) is 23.5 Å². The summed E-state index contributed by atoms with van der Waals surface area (Å²) in [6.07, 6.45) is 1.18. The first kappa shape index (κ1) is 20.0. The number of nitrogens with one attached hydrogen (secondary N) is 1. The predicted octanol–water partition coefficient (Wildman–Crippen LogP) is 1.96. The molecule has 0 spiro atoms. The number of aromatic nitrogens is 2. The highest BCUT2D eigenvalue weighted by Gasteiger charge is 2.23. The maximum atomic E-state index is 12.7. The van der Waals surface area contributed by atoms with E-state index in [9.17, 15) is 24.4 Å². The second kappa shape index (κ2) is 8.24. The molecule has 31 heavy (non-hydrogen) atoms. The highest BCUT2D eigenvalue weighted by molar-refractivity contribution is 6.04. The van der Waals surface area contributed by atoms with Crippen LogP contribution in [-0.2, 0) is 19.5 Å². The zero-order valence-corrected chi connectivity index (χ0v) is 16.5. The monoisotopic (exact) mass is 414 g/mol. The van der Waals surface area contributed by atoms with Crippen LogP contribution in [0.1, 0.15) is 38.4 Å². The molecule has 0 saturated carbocycles. The quantitative estimate of drug-likeness (QED) is 0.641. The van der Waals surface area contributed by atoms with Crippen LogP contribution in [0.4, 0.5) is 5.69 Å². The third-order valence-electron chi connectivity index (χ3n) is 5.24. The molecule has 0 fully saturated rings. The van der Waals surface area contributed by atoms with Gasteiger partial charge in [-0.2, -0.15) is 5.26 Å². The van der Waals surface area contributed by atoms with Gasteiger partial charge in [0.1, 0.15) is 11.6 Å². The minimum Gasteiger partial charge on any atom is -0.322 e. The Labute approximate surface area is 177 Å². The summed E-state index contributed by atoms with van der Waals surface area (Å²) in [6, 6.07) is 16.8. The van der Waals surface area contributed by atoms with Gasteiger partial charge >= 0.3 is 5.69 Å². The molecule has 0 unspecified atom stereocenters. The molecule has 8 heteroatoms. The van der Waals surface area contributed by atoms with Crippen molar-refractivity contribution in [3.05, 3.63) is 97.8 Å². The molecule has 8 nitrogen and oxygen atoms in total. The number of hydrogen-bond acceptors (Lipinski definition) is 5. The van der Waals surface area contributed by atoms with Gasteiger partial charge in [0, 0.05) is 29.1 Å². The second-order valence-corrected chi connectivity index (χ2v) is 7.18. The summed E-state index contributed by atoms with van der Waals surface area (Å²) in [4.78, 5) is 50.1. The Morgan fingerprint density at radius 3 is 2.39 bits per heavy atom. The molecular formula is C23H18N4O4. The molecule has 1 aliphatic heterocycles. The Bertz CT molecular complexity index is 1330. The number of amides is 1. The first-order valence-corrected chi connectivity index (χ1v) is 9.76. The fourth-order valence-corrected chi connectivity index (χ4v) is 3.66. The Hall–Kier alpha value is -4.25. The van der Waals surface area contributed by atoms with E-state index in [2.05, 4.69) is 5.32 Å². The topological polar surface area (TPSA) is 114 Å². The molecule has 1 N–H and O–H groups in total. The number of hydrogen-bond donors (Lipinski definition) is 1. The molecule has 4 rings (SSSR count). The van der Waals surface area contributed by atoms with Crippen LogP contribution in [0.25, 0.3) is 0 Å². The van der Waals surface area contributed by atoms with Crippen LogP contribution in [0.3, 0.4) is 0 Å². The van der Waals surface area contributed by atoms with E-state index in [0.29, 0.717) is 36.3 Å². The summed E-state index contributed by atoms with van der Waals surface area (Å²) in [7, 11) is 0. The minimum atomic E-state index is -0.735. The van der Waals surface area contributed by atoms with Crippen LogP contribution in [0.5, 0.6) is 0 Å². The molecule has 0 atom stereocenters. The summed E-state index contributed by atoms with van der Waals surface area (Å²) in [6.45, 7) is -0.0323. The lowest BCUT2D eigenvalue weighted by atomic mass is 10.1. The SMILES string of the molecule is N#Cc1c2n(c(=O)n(CC(=O)c3ccc(NC(=O)c4ccccc4)cc3)c1=O)CCC2. The fourth-order valence-electron chi connectivity index (χ4n) is 3.66. The van der Waals surface area contributed by atoms with Crippen LogP contribution in [0.2, 0.25) is 0 Å². The van der Waals surface area contributed by atoms with E-state index in [1.165, 1.54) is 16.7 Å². The Kier molecular flexibility index (Phi) is 5.33. The molecule has 1 aromatic heterocycles. The van der Waals surface area contributed by atoms with Gasteiger partial charge < -0.3 is 5.32 Å². The van der Waals surface area contributed by atoms with Gasteiger partial charge in [0.15, 0.2) is 5.78 Å². The van der Waals surface area contributed by atoms with Crippen LogP contribution in [0, 0.1) is 11.3 Å². The molecule has 2 heterocycles. The summed E-state index contributed by atoms with van der Waals surface area (Å²) in [5.74, 6) is -0.719. The van der Waals surface area contributed by atoms with Crippen LogP contribution in [0.15, 0.2) is 64.2 Å². The van der Waals surface area contributed by atoms with Gasteiger partial charge in [-0.05, 0) is 49.2 Å². The number of nitriles is 1. The van der Waals surface area contributed by atoms with Crippen molar-refractivity contribution in [2.24, 2.45) is 0 Å². The number of Topliss-reactive ketones (excluding diaryl/α,β-unsaturated/α-hetero) is 1. The van der Waals surface area contributed by atoms with Crippen molar-refractivity contribution in [1.82, 2.24) is 9.13 Å². The Balaban J connectivity index is 1.54. The number of fused-ring (bicyclic) bond motifs is 1. The van der Waals surface area contributed by atoms with E-state index in [1.807, 2.05) is 12.1 Å². The van der Waals surface area contributed by atoms with Gasteiger partial charge in [-0.15, -0.1) is 0 Å². The molecule has 0 aliphatic carbocycles. The molecule has 0 saturated heterocycles. The van der Waals surface area contributed by atoms with Crippen molar-refractivity contribution in [1.29, 1.82) is 5.26 Å². The standard InChI is InChI=1S/C23H18N4O4/c24-13-18-19-7-4-12-26(19)23(31)27(22(18)30)14-20(28)15-8-10-17(11-9-15)25-21(29)16-5-2-1-3-6-16/h1-3,5-6,8-11H,4,7,12,14H2,(H,25,29). The van der Waals surface area contributed by atoms with Gasteiger partial charge in [0.25, 0.3) is 11.5 Å². The van der Waals surface area contributed by atoms with Gasteiger partial charge in [0.05, 0.1) is 6.54 Å². The maximum Gasteiger partial charge on any atom is 0.331 e. The molecule has 0 bridgehead atoms. The largest absolute Gasteiger partial charge is 0.331 e. The molecule has 0 radical (unpaired) electrons. The van der Waals surface area contributed by atoms with Gasteiger partial charge in [-0.1, -0.05) is 18.2 Å². The van der Waals surface area contributed by atoms with E-state index >= 15 is 0 Å². The molecule has 154 valence electrons. The minimum absolute atomic E-state index is 0.0797. The van der Waals surface area contributed by atoms with Crippen molar-refractivity contribution in [3.63, 3.8) is 0 Å². The van der Waals surface area contributed by atoms with Gasteiger partial charge in [0.2, 0.25) is 0 Å². The van der Waals surface area contributed by atoms with Crippen molar-refractivity contribution in [2.45, 2.75) is 25.9 Å². The van der Waals surface area contributed by atoms with E-state index in [4.69, 9.17) is 0 Å². The van der Waals surface area contributed by atoms with Crippen LogP contribution < -0.4 is 16.6 Å². The third kappa shape index (κ3) is 3.81. The Morgan fingerprint density at radius 2 is 1.71 bits per heavy atom. The molecule has 1 amide bonds. The predicted molar refractivity (Wildman–Crippen MR) is 113 cm³/mol. The van der Waals surface area contributed by atoms with Crippen LogP contribution in [-0.4, -0.2) is 20.8 Å². The number of benzene rings is 2. The summed E-state index contributed by atoms with van der Waals surface area (Å²) in [5, 5.41) is 12.1. The van der Waals surface area contributed by atoms with Crippen molar-refractivity contribution < 1.29 is 9.59 Å². The van der Waals surface area contributed by atoms with E-state index in [-0.39, 0.29) is 17.0 Å². The number of anilines is 1. The highest BCUT2D eigenvalue weighted by atomic mass is 16.2. The summed E-state index contributed by atoms with van der Waals surface area (Å²) in [5.41, 5.74) is 0.355. The number of carbonyl (C=O) groups is 2. The van der Waals surface area contributed by atoms with Crippen LogP contribution >= 0.6 is 0 Å². The smallest absolute Gasteiger partial charge is 0.322 e. The number of carbonyl (C=O) groups excluding carboxylic acids is 2. The molecule has 1 aliphatic rings. The number of nitrogens with zero attached hydrogens (tertiary/aromatic N) is 3. The number of rotatable bonds is 5. The normalized spacial score (nSPS) is 12.1. The zero-order chi connectivity index (χ0) is 22.0. The average Bonchev–Trinajstić information content (AvgIpc) is 3.28. The maximum absolute atomic E-state index is 12.7. The molecule has 3 aromatic rings. The lowest BCUT2D eigenvalue weighted by molar-refractivity contribution is 0.0967. The fraction of sp³-hybridized carbons (Fsp3) is 0.174. The van der Waals surface area contributed by atoms with Gasteiger partial charge in [-0.25, -0.2) is 4.79 Å². The lowest BCUT2D eigenvalue weighted by Gasteiger charge is -2.11. The summed E-state index contributed by atoms with van der Waals surface area (Å²) < 4.78 is 2.22. The lowest BCUT2D eigenvalue weighted by Crippen LogP contribution is -2.43. The molecular weight excluding hydrogens is 396 g/mol. The first-order chi connectivity index (χ1) is 15.0. The van der Waals surface area contributed by atoms with Crippen molar-refractivity contribution in [3.8, 4) is 6.07 Å².